The normalized spacial score (nSPS) is 14.2. The fourth-order valence-electron chi connectivity index (χ4n) is 1.98. The van der Waals surface area contributed by atoms with Gasteiger partial charge >= 0.3 is 0 Å². The molecule has 0 saturated carbocycles. The number of nitrogens with two attached hydrogens (primary N) is 1. The number of nitrogens with zero attached hydrogens (tertiary/aromatic N) is 1. The molecular formula is C14H19N3OS. The van der Waals surface area contributed by atoms with E-state index < -0.39 is 10.8 Å². The van der Waals surface area contributed by atoms with E-state index in [1.54, 1.807) is 12.5 Å². The summed E-state index contributed by atoms with van der Waals surface area (Å²) in [7, 11) is -0.760. The average Bonchev–Trinajstić information content (AvgIpc) is 2.40. The minimum Gasteiger partial charge on any atom is -0.396 e. The molecule has 0 fully saturated rings. The van der Waals surface area contributed by atoms with E-state index in [9.17, 15) is 4.21 Å². The maximum atomic E-state index is 11.1. The van der Waals surface area contributed by atoms with Crippen molar-refractivity contribution in [1.82, 2.24) is 4.98 Å². The van der Waals surface area contributed by atoms with Crippen molar-refractivity contribution in [2.24, 2.45) is 0 Å². The molecule has 0 spiro atoms. The van der Waals surface area contributed by atoms with Gasteiger partial charge in [0.25, 0.3) is 0 Å². The predicted molar refractivity (Wildman–Crippen MR) is 82.8 cm³/mol. The lowest BCUT2D eigenvalue weighted by Crippen LogP contribution is -2.19. The molecule has 2 unspecified atom stereocenters. The number of anilines is 2. The number of hydrogen-bond acceptors (Lipinski definition) is 4. The Bertz CT molecular complexity index is 600. The van der Waals surface area contributed by atoms with Crippen LogP contribution in [-0.4, -0.2) is 27.2 Å². The van der Waals surface area contributed by atoms with Crippen LogP contribution in [-0.2, 0) is 10.8 Å². The monoisotopic (exact) mass is 277 g/mol. The summed E-state index contributed by atoms with van der Waals surface area (Å²) in [5.74, 6) is 0.692. The quantitative estimate of drug-likeness (QED) is 0.880. The highest BCUT2D eigenvalue weighted by Crippen LogP contribution is 2.28. The number of para-hydroxylation sites is 1. The Morgan fingerprint density at radius 1 is 1.42 bits per heavy atom. The van der Waals surface area contributed by atoms with E-state index in [0.29, 0.717) is 11.4 Å². The summed E-state index contributed by atoms with van der Waals surface area (Å²) in [6, 6.07) is 8.12. The summed E-state index contributed by atoms with van der Waals surface area (Å²) in [6.45, 7) is 2.07. The van der Waals surface area contributed by atoms with Gasteiger partial charge in [-0.2, -0.15) is 0 Å². The van der Waals surface area contributed by atoms with Gasteiger partial charge in [-0.1, -0.05) is 18.2 Å². The first-order valence-electron chi connectivity index (χ1n) is 6.27. The molecule has 102 valence electrons. The summed E-state index contributed by atoms with van der Waals surface area (Å²) < 4.78 is 11.1. The van der Waals surface area contributed by atoms with Gasteiger partial charge < -0.3 is 11.1 Å². The third kappa shape index (κ3) is 3.44. The standard InChI is InChI=1S/C14H19N3OS/c1-10(7-8-19(2)18)17-14-11-5-3-4-6-13(11)16-9-12(14)15/h3-6,9-10H,7-8,15H2,1-2H3,(H,16,17). The topological polar surface area (TPSA) is 68.0 Å². The van der Waals surface area contributed by atoms with Crippen molar-refractivity contribution in [1.29, 1.82) is 0 Å². The molecule has 1 aromatic heterocycles. The van der Waals surface area contributed by atoms with Crippen LogP contribution in [0.1, 0.15) is 13.3 Å². The summed E-state index contributed by atoms with van der Waals surface area (Å²) in [5.41, 5.74) is 8.49. The van der Waals surface area contributed by atoms with Gasteiger partial charge in [-0.15, -0.1) is 0 Å². The van der Waals surface area contributed by atoms with Gasteiger partial charge in [0.2, 0.25) is 0 Å². The van der Waals surface area contributed by atoms with Gasteiger partial charge in [-0.3, -0.25) is 9.19 Å². The van der Waals surface area contributed by atoms with E-state index in [1.165, 1.54) is 0 Å². The highest BCUT2D eigenvalue weighted by atomic mass is 32.2. The van der Waals surface area contributed by atoms with Gasteiger partial charge in [-0.05, 0) is 19.4 Å². The Labute approximate surface area is 115 Å². The Hall–Kier alpha value is -1.62. The number of pyridine rings is 1. The van der Waals surface area contributed by atoms with Crippen LogP contribution in [0.25, 0.3) is 10.9 Å². The van der Waals surface area contributed by atoms with Crippen LogP contribution in [0.5, 0.6) is 0 Å². The molecule has 0 saturated heterocycles. The van der Waals surface area contributed by atoms with E-state index in [0.717, 1.165) is 23.0 Å². The molecule has 19 heavy (non-hydrogen) atoms. The Kier molecular flexibility index (Phi) is 4.37. The molecule has 0 aliphatic carbocycles. The summed E-state index contributed by atoms with van der Waals surface area (Å²) in [5, 5.41) is 4.43. The minimum atomic E-state index is -0.760. The van der Waals surface area contributed by atoms with Crippen LogP contribution >= 0.6 is 0 Å². The molecule has 0 radical (unpaired) electrons. The number of hydrogen-bond donors (Lipinski definition) is 2. The van der Waals surface area contributed by atoms with Crippen molar-refractivity contribution in [2.45, 2.75) is 19.4 Å². The van der Waals surface area contributed by atoms with E-state index in [-0.39, 0.29) is 6.04 Å². The number of benzene rings is 1. The zero-order valence-electron chi connectivity index (χ0n) is 11.2. The third-order valence-corrected chi connectivity index (χ3v) is 3.84. The van der Waals surface area contributed by atoms with Crippen molar-refractivity contribution in [3.05, 3.63) is 30.5 Å². The van der Waals surface area contributed by atoms with Gasteiger partial charge in [0, 0.05) is 34.2 Å². The molecule has 1 heterocycles. The fourth-order valence-corrected chi connectivity index (χ4v) is 2.66. The second-order valence-electron chi connectivity index (χ2n) is 4.72. The van der Waals surface area contributed by atoms with E-state index in [2.05, 4.69) is 17.2 Å². The first kappa shape index (κ1) is 13.8. The predicted octanol–water partition coefficient (Wildman–Crippen LogP) is 2.39. The SMILES string of the molecule is CC(CCS(C)=O)Nc1c(N)cnc2ccccc12. The number of aromatic nitrogens is 1. The molecule has 0 bridgehead atoms. The zero-order chi connectivity index (χ0) is 13.8. The van der Waals surface area contributed by atoms with Crippen molar-refractivity contribution >= 4 is 33.1 Å². The Balaban J connectivity index is 2.24. The maximum absolute atomic E-state index is 11.1. The molecule has 1 aromatic carbocycles. The number of rotatable bonds is 5. The van der Waals surface area contributed by atoms with Crippen LogP contribution in [0.3, 0.4) is 0 Å². The molecule has 2 aromatic rings. The number of fused-ring (bicyclic) bond motifs is 1. The molecule has 5 heteroatoms. The Morgan fingerprint density at radius 2 is 2.16 bits per heavy atom. The van der Waals surface area contributed by atoms with Gasteiger partial charge in [0.05, 0.1) is 23.1 Å². The molecule has 0 aliphatic heterocycles. The van der Waals surface area contributed by atoms with Crippen LogP contribution < -0.4 is 11.1 Å². The van der Waals surface area contributed by atoms with Crippen LogP contribution in [0.4, 0.5) is 11.4 Å². The van der Waals surface area contributed by atoms with Crippen LogP contribution in [0, 0.1) is 0 Å². The zero-order valence-corrected chi connectivity index (χ0v) is 12.0. The third-order valence-electron chi connectivity index (χ3n) is 3.03. The summed E-state index contributed by atoms with van der Waals surface area (Å²) in [6.07, 6.45) is 4.25. The molecule has 3 N–H and O–H groups in total. The smallest absolute Gasteiger partial charge is 0.0743 e. The largest absolute Gasteiger partial charge is 0.396 e. The van der Waals surface area contributed by atoms with Gasteiger partial charge in [-0.25, -0.2) is 0 Å². The first-order chi connectivity index (χ1) is 9.08. The molecule has 0 aliphatic rings. The molecule has 2 rings (SSSR count). The van der Waals surface area contributed by atoms with Crippen molar-refractivity contribution in [3.8, 4) is 0 Å². The van der Waals surface area contributed by atoms with E-state index >= 15 is 0 Å². The van der Waals surface area contributed by atoms with E-state index in [4.69, 9.17) is 5.73 Å². The van der Waals surface area contributed by atoms with E-state index in [1.807, 2.05) is 24.3 Å². The van der Waals surface area contributed by atoms with Gasteiger partial charge in [0.15, 0.2) is 0 Å². The lowest BCUT2D eigenvalue weighted by atomic mass is 10.1. The second-order valence-corrected chi connectivity index (χ2v) is 6.27. The summed E-state index contributed by atoms with van der Waals surface area (Å²) >= 11 is 0. The first-order valence-corrected chi connectivity index (χ1v) is 8.00. The van der Waals surface area contributed by atoms with Crippen molar-refractivity contribution < 1.29 is 4.21 Å². The molecule has 4 nitrogen and oxygen atoms in total. The number of nitrogen functional groups attached to an aromatic ring is 1. The van der Waals surface area contributed by atoms with Crippen molar-refractivity contribution in [3.63, 3.8) is 0 Å². The second kappa shape index (κ2) is 6.02. The minimum absolute atomic E-state index is 0.219. The van der Waals surface area contributed by atoms with Crippen LogP contribution in [0.2, 0.25) is 0 Å². The van der Waals surface area contributed by atoms with Crippen LogP contribution in [0.15, 0.2) is 30.5 Å². The molecular weight excluding hydrogens is 258 g/mol. The van der Waals surface area contributed by atoms with Crippen molar-refractivity contribution in [2.75, 3.05) is 23.1 Å². The van der Waals surface area contributed by atoms with Gasteiger partial charge in [0.1, 0.15) is 0 Å². The fraction of sp³-hybridized carbons (Fsp3) is 0.357. The maximum Gasteiger partial charge on any atom is 0.0743 e. The lowest BCUT2D eigenvalue weighted by Gasteiger charge is -2.18. The summed E-state index contributed by atoms with van der Waals surface area (Å²) in [4.78, 5) is 4.31. The number of nitrogens with one attached hydrogen (secondary N) is 1. The highest BCUT2D eigenvalue weighted by Gasteiger charge is 2.09. The lowest BCUT2D eigenvalue weighted by molar-refractivity contribution is 0.678. The molecule has 0 amide bonds. The highest BCUT2D eigenvalue weighted by molar-refractivity contribution is 7.84. The average molecular weight is 277 g/mol. The molecule has 2 atom stereocenters. The Morgan fingerprint density at radius 3 is 2.89 bits per heavy atom.